The Hall–Kier alpha value is -1.37. The van der Waals surface area contributed by atoms with Crippen molar-refractivity contribution in [3.05, 3.63) is 24.0 Å². The maximum Gasteiger partial charge on any atom is 0.225 e. The van der Waals surface area contributed by atoms with Gasteiger partial charge in [-0.05, 0) is 31.0 Å². The highest BCUT2D eigenvalue weighted by molar-refractivity contribution is 5.91. The maximum atomic E-state index is 13.9. The summed E-state index contributed by atoms with van der Waals surface area (Å²) in [4.78, 5) is 11.4. The first kappa shape index (κ1) is 17.7. The van der Waals surface area contributed by atoms with Gasteiger partial charge >= 0.3 is 0 Å². The lowest BCUT2D eigenvalue weighted by molar-refractivity contribution is -0.116. The van der Waals surface area contributed by atoms with Crippen LogP contribution in [-0.4, -0.2) is 31.7 Å². The summed E-state index contributed by atoms with van der Waals surface area (Å²) in [6.07, 6.45) is 2.43. The van der Waals surface area contributed by atoms with Crippen molar-refractivity contribution in [2.24, 2.45) is 5.73 Å². The fourth-order valence-electron chi connectivity index (χ4n) is 2.12. The van der Waals surface area contributed by atoms with E-state index in [1.165, 1.54) is 6.07 Å². The zero-order valence-corrected chi connectivity index (χ0v) is 12.5. The summed E-state index contributed by atoms with van der Waals surface area (Å²) in [6.45, 7) is 1.64. The molecule has 1 unspecified atom stereocenters. The van der Waals surface area contributed by atoms with Crippen LogP contribution in [-0.2, 0) is 9.53 Å². The van der Waals surface area contributed by atoms with Gasteiger partial charge in [0, 0.05) is 31.8 Å². The number of ether oxygens (including phenoxy) is 1. The SMILES string of the molecule is Cl.NCCC(=O)Nc1ccc(NCC2CCCO2)c(F)c1. The van der Waals surface area contributed by atoms with Gasteiger partial charge in [0.15, 0.2) is 0 Å². The first-order chi connectivity index (χ1) is 9.69. The van der Waals surface area contributed by atoms with Crippen molar-refractivity contribution >= 4 is 29.7 Å². The van der Waals surface area contributed by atoms with Gasteiger partial charge in [0.05, 0.1) is 11.8 Å². The molecule has 0 saturated carbocycles. The Morgan fingerprint density at radius 3 is 2.90 bits per heavy atom. The molecule has 1 aliphatic rings. The van der Waals surface area contributed by atoms with Crippen LogP contribution in [0.25, 0.3) is 0 Å². The summed E-state index contributed by atoms with van der Waals surface area (Å²) < 4.78 is 19.3. The van der Waals surface area contributed by atoms with Crippen LogP contribution >= 0.6 is 12.4 Å². The Bertz CT molecular complexity index is 468. The molecule has 1 aliphatic heterocycles. The first-order valence-corrected chi connectivity index (χ1v) is 6.84. The van der Waals surface area contributed by atoms with Crippen LogP contribution in [0.3, 0.4) is 0 Å². The Kier molecular flexibility index (Phi) is 7.42. The van der Waals surface area contributed by atoms with Crippen molar-refractivity contribution in [2.75, 3.05) is 30.3 Å². The van der Waals surface area contributed by atoms with Crippen molar-refractivity contribution in [2.45, 2.75) is 25.4 Å². The lowest BCUT2D eigenvalue weighted by Crippen LogP contribution is -2.19. The summed E-state index contributed by atoms with van der Waals surface area (Å²) in [5, 5.41) is 5.62. The smallest absolute Gasteiger partial charge is 0.225 e. The number of anilines is 2. The average molecular weight is 318 g/mol. The quantitative estimate of drug-likeness (QED) is 0.751. The molecule has 1 heterocycles. The largest absolute Gasteiger partial charge is 0.380 e. The van der Waals surface area contributed by atoms with Gasteiger partial charge in [0.25, 0.3) is 0 Å². The lowest BCUT2D eigenvalue weighted by Gasteiger charge is -2.13. The number of nitrogens with two attached hydrogens (primary N) is 1. The molecule has 1 fully saturated rings. The molecule has 7 heteroatoms. The molecule has 2 rings (SSSR count). The molecular weight excluding hydrogens is 297 g/mol. The number of carbonyl (C=O) groups is 1. The highest BCUT2D eigenvalue weighted by Crippen LogP contribution is 2.20. The van der Waals surface area contributed by atoms with Crippen molar-refractivity contribution in [3.63, 3.8) is 0 Å². The molecule has 0 radical (unpaired) electrons. The Morgan fingerprint density at radius 2 is 2.29 bits per heavy atom. The van der Waals surface area contributed by atoms with Crippen molar-refractivity contribution in [1.29, 1.82) is 0 Å². The second kappa shape index (κ2) is 8.81. The molecular formula is C14H21ClFN3O2. The van der Waals surface area contributed by atoms with Crippen LogP contribution < -0.4 is 16.4 Å². The van der Waals surface area contributed by atoms with E-state index in [1.807, 2.05) is 0 Å². The van der Waals surface area contributed by atoms with Crippen molar-refractivity contribution in [3.8, 4) is 0 Å². The van der Waals surface area contributed by atoms with Gasteiger partial charge in [0.1, 0.15) is 5.82 Å². The number of hydrogen-bond acceptors (Lipinski definition) is 4. The number of amides is 1. The van der Waals surface area contributed by atoms with E-state index >= 15 is 0 Å². The van der Waals surface area contributed by atoms with Gasteiger partial charge < -0.3 is 21.1 Å². The van der Waals surface area contributed by atoms with Crippen LogP contribution in [0.2, 0.25) is 0 Å². The monoisotopic (exact) mass is 317 g/mol. The molecule has 4 N–H and O–H groups in total. The summed E-state index contributed by atoms with van der Waals surface area (Å²) in [5.74, 6) is -0.611. The molecule has 0 bridgehead atoms. The van der Waals surface area contributed by atoms with Crippen LogP contribution in [0.15, 0.2) is 18.2 Å². The number of hydrogen-bond donors (Lipinski definition) is 3. The molecule has 118 valence electrons. The fraction of sp³-hybridized carbons (Fsp3) is 0.500. The second-order valence-electron chi connectivity index (χ2n) is 4.80. The molecule has 1 aromatic carbocycles. The topological polar surface area (TPSA) is 76.4 Å². The van der Waals surface area contributed by atoms with Crippen LogP contribution in [0.1, 0.15) is 19.3 Å². The molecule has 0 aromatic heterocycles. The molecule has 1 atom stereocenters. The molecule has 1 aromatic rings. The summed E-state index contributed by atoms with van der Waals surface area (Å²) >= 11 is 0. The van der Waals surface area contributed by atoms with Crippen molar-refractivity contribution in [1.82, 2.24) is 0 Å². The predicted molar refractivity (Wildman–Crippen MR) is 83.4 cm³/mol. The number of carbonyl (C=O) groups excluding carboxylic acids is 1. The molecule has 1 saturated heterocycles. The average Bonchev–Trinajstić information content (AvgIpc) is 2.91. The highest BCUT2D eigenvalue weighted by atomic mass is 35.5. The van der Waals surface area contributed by atoms with Crippen LogP contribution in [0, 0.1) is 5.82 Å². The normalized spacial score (nSPS) is 17.1. The third kappa shape index (κ3) is 5.49. The Morgan fingerprint density at radius 1 is 1.48 bits per heavy atom. The predicted octanol–water partition coefficient (Wildman–Crippen LogP) is 2.13. The van der Waals surface area contributed by atoms with E-state index in [0.717, 1.165) is 19.4 Å². The van der Waals surface area contributed by atoms with E-state index in [0.29, 0.717) is 17.9 Å². The van der Waals surface area contributed by atoms with Crippen LogP contribution in [0.4, 0.5) is 15.8 Å². The van der Waals surface area contributed by atoms with E-state index in [9.17, 15) is 9.18 Å². The third-order valence-electron chi connectivity index (χ3n) is 3.17. The molecule has 0 spiro atoms. The van der Waals surface area contributed by atoms with Gasteiger partial charge in [-0.15, -0.1) is 12.4 Å². The molecule has 0 aliphatic carbocycles. The second-order valence-corrected chi connectivity index (χ2v) is 4.80. The molecule has 21 heavy (non-hydrogen) atoms. The van der Waals surface area contributed by atoms with Crippen LogP contribution in [0.5, 0.6) is 0 Å². The third-order valence-corrected chi connectivity index (χ3v) is 3.17. The standard InChI is InChI=1S/C14H20FN3O2.ClH/c15-12-8-10(18-14(19)5-6-16)3-4-13(12)17-9-11-2-1-7-20-11;/h3-4,8,11,17H,1-2,5-7,9,16H2,(H,18,19);1H. The zero-order valence-electron chi connectivity index (χ0n) is 11.7. The summed E-state index contributed by atoms with van der Waals surface area (Å²) in [6, 6.07) is 4.57. The minimum absolute atomic E-state index is 0. The number of benzene rings is 1. The number of halogens is 2. The van der Waals surface area contributed by atoms with Gasteiger partial charge in [-0.2, -0.15) is 0 Å². The minimum atomic E-state index is -0.395. The van der Waals surface area contributed by atoms with Gasteiger partial charge in [-0.3, -0.25) is 4.79 Å². The van der Waals surface area contributed by atoms with Gasteiger partial charge in [-0.25, -0.2) is 4.39 Å². The first-order valence-electron chi connectivity index (χ1n) is 6.84. The summed E-state index contributed by atoms with van der Waals surface area (Å²) in [7, 11) is 0. The van der Waals surface area contributed by atoms with Gasteiger partial charge in [0.2, 0.25) is 5.91 Å². The number of rotatable bonds is 6. The molecule has 1 amide bonds. The van der Waals surface area contributed by atoms with E-state index < -0.39 is 5.82 Å². The zero-order chi connectivity index (χ0) is 14.4. The van der Waals surface area contributed by atoms with E-state index in [2.05, 4.69) is 10.6 Å². The fourth-order valence-corrected chi connectivity index (χ4v) is 2.12. The van der Waals surface area contributed by atoms with Gasteiger partial charge in [-0.1, -0.05) is 0 Å². The minimum Gasteiger partial charge on any atom is -0.380 e. The highest BCUT2D eigenvalue weighted by Gasteiger charge is 2.15. The summed E-state index contributed by atoms with van der Waals surface area (Å²) in [5.41, 5.74) is 6.13. The van der Waals surface area contributed by atoms with Crippen molar-refractivity contribution < 1.29 is 13.9 Å². The number of nitrogens with one attached hydrogen (secondary N) is 2. The van der Waals surface area contributed by atoms with E-state index in [-0.39, 0.29) is 37.4 Å². The Balaban J connectivity index is 0.00000220. The van der Waals surface area contributed by atoms with E-state index in [1.54, 1.807) is 12.1 Å². The lowest BCUT2D eigenvalue weighted by atomic mass is 10.2. The molecule has 5 nitrogen and oxygen atoms in total. The Labute approximate surface area is 129 Å². The maximum absolute atomic E-state index is 13.9. The van der Waals surface area contributed by atoms with E-state index in [4.69, 9.17) is 10.5 Å².